The number of carbonyl (C=O) groups excluding carboxylic acids is 1. The lowest BCUT2D eigenvalue weighted by Crippen LogP contribution is -2.41. The maximum Gasteiger partial charge on any atom is 0.234 e. The van der Waals surface area contributed by atoms with Crippen LogP contribution in [-0.4, -0.2) is 34.0 Å². The topological polar surface area (TPSA) is 59.2 Å². The first-order chi connectivity index (χ1) is 15.3. The minimum Gasteiger partial charge on any atom is -0.342 e. The van der Waals surface area contributed by atoms with Gasteiger partial charge >= 0.3 is 0 Å². The summed E-state index contributed by atoms with van der Waals surface area (Å²) in [4.78, 5) is 21.2. The van der Waals surface area contributed by atoms with E-state index in [0.717, 1.165) is 28.8 Å². The van der Waals surface area contributed by atoms with E-state index >= 15 is 0 Å². The highest BCUT2D eigenvalue weighted by Gasteiger charge is 2.32. The summed E-state index contributed by atoms with van der Waals surface area (Å²) in [5.74, 6) is 1.39. The van der Waals surface area contributed by atoms with Crippen molar-refractivity contribution in [3.05, 3.63) is 95.2 Å². The van der Waals surface area contributed by atoms with Crippen molar-refractivity contribution in [3.8, 4) is 10.7 Å². The highest BCUT2D eigenvalue weighted by atomic mass is 32.1. The Labute approximate surface area is 185 Å². The lowest BCUT2D eigenvalue weighted by molar-refractivity contribution is -0.133. The molecule has 4 aromatic rings. The van der Waals surface area contributed by atoms with Crippen LogP contribution in [0.2, 0.25) is 0 Å². The van der Waals surface area contributed by atoms with Gasteiger partial charge in [-0.2, -0.15) is 4.98 Å². The first kappa shape index (κ1) is 19.7. The number of carbonyl (C=O) groups is 1. The molecule has 0 saturated carbocycles. The van der Waals surface area contributed by atoms with E-state index in [4.69, 9.17) is 4.52 Å². The van der Waals surface area contributed by atoms with Crippen molar-refractivity contribution in [2.45, 2.75) is 24.7 Å². The molecule has 1 saturated heterocycles. The van der Waals surface area contributed by atoms with E-state index in [-0.39, 0.29) is 17.7 Å². The fourth-order valence-electron chi connectivity index (χ4n) is 4.20. The molecule has 5 nitrogen and oxygen atoms in total. The highest BCUT2D eigenvalue weighted by Crippen LogP contribution is 2.33. The van der Waals surface area contributed by atoms with Gasteiger partial charge in [-0.15, -0.1) is 11.3 Å². The van der Waals surface area contributed by atoms with Gasteiger partial charge in [0.15, 0.2) is 0 Å². The second kappa shape index (κ2) is 8.86. The first-order valence-corrected chi connectivity index (χ1v) is 11.4. The quantitative estimate of drug-likeness (QED) is 0.430. The summed E-state index contributed by atoms with van der Waals surface area (Å²) >= 11 is 1.60. The maximum atomic E-state index is 13.6. The molecule has 0 unspecified atom stereocenters. The summed E-state index contributed by atoms with van der Waals surface area (Å²) in [5.41, 5.74) is 2.05. The molecule has 0 spiro atoms. The first-order valence-electron chi connectivity index (χ1n) is 10.6. The molecule has 31 heavy (non-hydrogen) atoms. The number of benzene rings is 2. The van der Waals surface area contributed by atoms with Crippen LogP contribution in [0.15, 0.2) is 82.7 Å². The van der Waals surface area contributed by atoms with Crippen LogP contribution in [0.5, 0.6) is 0 Å². The predicted octanol–water partition coefficient (Wildman–Crippen LogP) is 5.34. The summed E-state index contributed by atoms with van der Waals surface area (Å²) in [6.45, 7) is 1.38. The zero-order chi connectivity index (χ0) is 21.0. The number of likely N-dealkylation sites (tertiary alicyclic amines) is 1. The summed E-state index contributed by atoms with van der Waals surface area (Å²) < 4.78 is 5.55. The van der Waals surface area contributed by atoms with Crippen molar-refractivity contribution >= 4 is 17.2 Å². The highest BCUT2D eigenvalue weighted by molar-refractivity contribution is 7.13. The van der Waals surface area contributed by atoms with Gasteiger partial charge in [-0.05, 0) is 35.4 Å². The second-order valence-corrected chi connectivity index (χ2v) is 8.74. The van der Waals surface area contributed by atoms with Gasteiger partial charge in [0, 0.05) is 19.0 Å². The minimum atomic E-state index is -0.284. The smallest absolute Gasteiger partial charge is 0.234 e. The van der Waals surface area contributed by atoms with Crippen LogP contribution in [0.4, 0.5) is 0 Å². The van der Waals surface area contributed by atoms with Gasteiger partial charge in [0.25, 0.3) is 0 Å². The van der Waals surface area contributed by atoms with Crippen LogP contribution >= 0.6 is 11.3 Å². The lowest BCUT2D eigenvalue weighted by Gasteiger charge is -2.33. The van der Waals surface area contributed by atoms with Crippen molar-refractivity contribution in [3.63, 3.8) is 0 Å². The lowest BCUT2D eigenvalue weighted by atomic mass is 9.88. The average Bonchev–Trinajstić information content (AvgIpc) is 3.53. The second-order valence-electron chi connectivity index (χ2n) is 7.79. The molecule has 0 aliphatic carbocycles. The Morgan fingerprint density at radius 1 is 0.935 bits per heavy atom. The number of nitrogens with zero attached hydrogens (tertiary/aromatic N) is 3. The molecule has 156 valence electrons. The molecule has 2 aromatic heterocycles. The third-order valence-electron chi connectivity index (χ3n) is 5.85. The Kier molecular flexibility index (Phi) is 5.63. The normalized spacial score (nSPS) is 14.8. The molecule has 0 radical (unpaired) electrons. The van der Waals surface area contributed by atoms with Gasteiger partial charge in [0.1, 0.15) is 0 Å². The van der Waals surface area contributed by atoms with Crippen LogP contribution in [-0.2, 0) is 4.79 Å². The molecular formula is C25H23N3O2S. The van der Waals surface area contributed by atoms with Gasteiger partial charge in [-0.25, -0.2) is 0 Å². The monoisotopic (exact) mass is 429 g/mol. The summed E-state index contributed by atoms with van der Waals surface area (Å²) in [6.07, 6.45) is 1.65. The number of rotatable bonds is 5. The summed E-state index contributed by atoms with van der Waals surface area (Å²) in [5, 5.41) is 6.14. The number of hydrogen-bond donors (Lipinski definition) is 0. The summed E-state index contributed by atoms with van der Waals surface area (Å²) in [6, 6.07) is 24.0. The molecule has 1 amide bonds. The molecule has 0 N–H and O–H groups in total. The van der Waals surface area contributed by atoms with E-state index in [1.165, 1.54) is 0 Å². The Bertz CT molecular complexity index is 1080. The number of piperidine rings is 1. The van der Waals surface area contributed by atoms with Crippen LogP contribution in [0, 0.1) is 0 Å². The molecule has 6 heteroatoms. The van der Waals surface area contributed by atoms with Gasteiger partial charge in [-0.1, -0.05) is 71.9 Å². The number of amides is 1. The molecule has 3 heterocycles. The predicted molar refractivity (Wildman–Crippen MR) is 121 cm³/mol. The molecule has 0 bridgehead atoms. The van der Waals surface area contributed by atoms with Gasteiger partial charge in [-0.3, -0.25) is 4.79 Å². The van der Waals surface area contributed by atoms with Crippen LogP contribution in [0.25, 0.3) is 10.7 Å². The third kappa shape index (κ3) is 4.16. The van der Waals surface area contributed by atoms with Crippen LogP contribution in [0.1, 0.15) is 41.7 Å². The van der Waals surface area contributed by atoms with E-state index in [2.05, 4.69) is 10.1 Å². The number of hydrogen-bond acceptors (Lipinski definition) is 5. The van der Waals surface area contributed by atoms with E-state index in [1.54, 1.807) is 11.3 Å². The molecule has 2 aromatic carbocycles. The van der Waals surface area contributed by atoms with Gasteiger partial charge in [0.05, 0.1) is 10.8 Å². The summed E-state index contributed by atoms with van der Waals surface area (Å²) in [7, 11) is 0. The Morgan fingerprint density at radius 2 is 1.58 bits per heavy atom. The zero-order valence-electron chi connectivity index (χ0n) is 17.1. The van der Waals surface area contributed by atoms with Gasteiger partial charge in [0.2, 0.25) is 17.6 Å². The SMILES string of the molecule is O=C(C(c1ccccc1)c1ccccc1)N1CCC(c2nc(-c3cccs3)no2)CC1. The molecule has 1 aliphatic heterocycles. The Balaban J connectivity index is 1.30. The van der Waals surface area contributed by atoms with Crippen molar-refractivity contribution < 1.29 is 9.32 Å². The molecule has 5 rings (SSSR count). The molecule has 1 fully saturated rings. The van der Waals surface area contributed by atoms with E-state index in [9.17, 15) is 4.79 Å². The maximum absolute atomic E-state index is 13.6. The van der Waals surface area contributed by atoms with Crippen LogP contribution < -0.4 is 0 Å². The van der Waals surface area contributed by atoms with Crippen LogP contribution in [0.3, 0.4) is 0 Å². The van der Waals surface area contributed by atoms with Crippen molar-refractivity contribution in [2.75, 3.05) is 13.1 Å². The molecule has 1 aliphatic rings. The van der Waals surface area contributed by atoms with Crippen molar-refractivity contribution in [1.82, 2.24) is 15.0 Å². The average molecular weight is 430 g/mol. The molecule has 0 atom stereocenters. The van der Waals surface area contributed by atoms with E-state index < -0.39 is 0 Å². The van der Waals surface area contributed by atoms with E-state index in [0.29, 0.717) is 24.8 Å². The fraction of sp³-hybridized carbons (Fsp3) is 0.240. The van der Waals surface area contributed by atoms with Gasteiger partial charge < -0.3 is 9.42 Å². The van der Waals surface area contributed by atoms with Crippen molar-refractivity contribution in [1.29, 1.82) is 0 Å². The Hall–Kier alpha value is -3.25. The fourth-order valence-corrected chi connectivity index (χ4v) is 4.85. The number of aromatic nitrogens is 2. The standard InChI is InChI=1S/C25H23N3O2S/c29-25(22(18-8-3-1-4-9-18)19-10-5-2-6-11-19)28-15-13-20(14-16-28)24-26-23(27-30-24)21-12-7-17-31-21/h1-12,17,20,22H,13-16H2. The minimum absolute atomic E-state index is 0.153. The Morgan fingerprint density at radius 3 is 2.16 bits per heavy atom. The largest absolute Gasteiger partial charge is 0.342 e. The molecular weight excluding hydrogens is 406 g/mol. The van der Waals surface area contributed by atoms with E-state index in [1.807, 2.05) is 83.1 Å². The third-order valence-corrected chi connectivity index (χ3v) is 6.72. The van der Waals surface area contributed by atoms with Crippen molar-refractivity contribution in [2.24, 2.45) is 0 Å². The number of thiophene rings is 1. The zero-order valence-corrected chi connectivity index (χ0v) is 17.9.